The van der Waals surface area contributed by atoms with Gasteiger partial charge in [0, 0.05) is 11.1 Å². The summed E-state index contributed by atoms with van der Waals surface area (Å²) < 4.78 is 0. The van der Waals surface area contributed by atoms with Gasteiger partial charge in [-0.25, -0.2) is 0 Å². The topological polar surface area (TPSA) is 66.4 Å². The van der Waals surface area contributed by atoms with Crippen LogP contribution in [0.1, 0.15) is 23.1 Å². The van der Waals surface area contributed by atoms with Crippen molar-refractivity contribution < 1.29 is 14.7 Å². The van der Waals surface area contributed by atoms with Gasteiger partial charge >= 0.3 is 5.97 Å². The minimum Gasteiger partial charge on any atom is -0.481 e. The van der Waals surface area contributed by atoms with Gasteiger partial charge in [0.05, 0.1) is 12.8 Å². The summed E-state index contributed by atoms with van der Waals surface area (Å²) in [5.41, 5.74) is 2.88. The van der Waals surface area contributed by atoms with E-state index in [-0.39, 0.29) is 18.7 Å². The standard InChI is InChI=1S/C19H20ClNO3/c1-13-4-2-5-14(8-13)11-18(22)21-17(12-19(23)24)10-15-6-3-7-16(20)9-15/h2-9,17H,10-12H2,1H3,(H,21,22)(H,23,24)/t17-/m0/s1. The fraction of sp³-hybridized carbons (Fsp3) is 0.263. The van der Waals surface area contributed by atoms with E-state index in [4.69, 9.17) is 16.7 Å². The lowest BCUT2D eigenvalue weighted by atomic mass is 10.0. The molecule has 0 bridgehead atoms. The van der Waals surface area contributed by atoms with E-state index in [0.717, 1.165) is 16.7 Å². The number of carbonyl (C=O) groups excluding carboxylic acids is 1. The van der Waals surface area contributed by atoms with Gasteiger partial charge in [-0.05, 0) is 36.6 Å². The highest BCUT2D eigenvalue weighted by atomic mass is 35.5. The van der Waals surface area contributed by atoms with Crippen LogP contribution >= 0.6 is 11.6 Å². The first-order chi connectivity index (χ1) is 11.4. The van der Waals surface area contributed by atoms with Crippen LogP contribution < -0.4 is 5.32 Å². The summed E-state index contributed by atoms with van der Waals surface area (Å²) in [5.74, 6) is -1.13. The summed E-state index contributed by atoms with van der Waals surface area (Å²) >= 11 is 5.96. The Labute approximate surface area is 146 Å². The second-order valence-corrected chi connectivity index (χ2v) is 6.30. The molecule has 0 aliphatic carbocycles. The molecule has 0 aliphatic rings. The average molecular weight is 346 g/mol. The zero-order valence-electron chi connectivity index (χ0n) is 13.5. The zero-order chi connectivity index (χ0) is 17.5. The molecule has 0 aromatic heterocycles. The SMILES string of the molecule is Cc1cccc(CC(=O)N[C@H](CC(=O)O)Cc2cccc(Cl)c2)c1. The number of carbonyl (C=O) groups is 2. The van der Waals surface area contributed by atoms with Crippen molar-refractivity contribution in [1.82, 2.24) is 5.32 Å². The predicted octanol–water partition coefficient (Wildman–Crippen LogP) is 3.39. The summed E-state index contributed by atoms with van der Waals surface area (Å²) in [6, 6.07) is 14.4. The number of carboxylic acid groups (broad SMARTS) is 1. The molecule has 0 spiro atoms. The number of benzene rings is 2. The van der Waals surface area contributed by atoms with Crippen LogP contribution in [0, 0.1) is 6.92 Å². The molecule has 0 radical (unpaired) electrons. The number of rotatable bonds is 7. The van der Waals surface area contributed by atoms with Crippen molar-refractivity contribution in [1.29, 1.82) is 0 Å². The van der Waals surface area contributed by atoms with E-state index in [1.807, 2.05) is 43.3 Å². The Balaban J connectivity index is 2.02. The highest BCUT2D eigenvalue weighted by Crippen LogP contribution is 2.14. The Bertz CT molecular complexity index is 730. The molecule has 0 saturated carbocycles. The second kappa shape index (κ2) is 8.50. The Kier molecular flexibility index (Phi) is 6.38. The molecule has 0 saturated heterocycles. The van der Waals surface area contributed by atoms with Gasteiger partial charge < -0.3 is 10.4 Å². The van der Waals surface area contributed by atoms with Gasteiger partial charge in [0.2, 0.25) is 5.91 Å². The summed E-state index contributed by atoms with van der Waals surface area (Å²) in [6.45, 7) is 1.97. The van der Waals surface area contributed by atoms with Crippen LogP contribution in [0.4, 0.5) is 0 Å². The largest absolute Gasteiger partial charge is 0.481 e. The number of aryl methyl sites for hydroxylation is 1. The minimum absolute atomic E-state index is 0.133. The number of hydrogen-bond donors (Lipinski definition) is 2. The van der Waals surface area contributed by atoms with Crippen LogP contribution in [0.5, 0.6) is 0 Å². The van der Waals surface area contributed by atoms with Gasteiger partial charge in [-0.15, -0.1) is 0 Å². The second-order valence-electron chi connectivity index (χ2n) is 5.86. The molecule has 0 aliphatic heterocycles. The molecule has 4 nitrogen and oxygen atoms in total. The molecule has 2 N–H and O–H groups in total. The molecule has 2 rings (SSSR count). The van der Waals surface area contributed by atoms with Crippen molar-refractivity contribution in [2.45, 2.75) is 32.2 Å². The smallest absolute Gasteiger partial charge is 0.305 e. The van der Waals surface area contributed by atoms with Gasteiger partial charge in [-0.3, -0.25) is 9.59 Å². The lowest BCUT2D eigenvalue weighted by Crippen LogP contribution is -2.39. The Morgan fingerprint density at radius 2 is 1.83 bits per heavy atom. The first-order valence-electron chi connectivity index (χ1n) is 7.73. The van der Waals surface area contributed by atoms with Gasteiger partial charge in [-0.1, -0.05) is 53.6 Å². The highest BCUT2D eigenvalue weighted by Gasteiger charge is 2.17. The lowest BCUT2D eigenvalue weighted by Gasteiger charge is -2.17. The normalized spacial score (nSPS) is 11.8. The Morgan fingerprint density at radius 1 is 1.12 bits per heavy atom. The third kappa shape index (κ3) is 6.05. The average Bonchev–Trinajstić information content (AvgIpc) is 2.46. The summed E-state index contributed by atoms with van der Waals surface area (Å²) in [4.78, 5) is 23.3. The van der Waals surface area contributed by atoms with Crippen LogP contribution in [-0.4, -0.2) is 23.0 Å². The highest BCUT2D eigenvalue weighted by molar-refractivity contribution is 6.30. The lowest BCUT2D eigenvalue weighted by molar-refractivity contribution is -0.137. The van der Waals surface area contributed by atoms with E-state index < -0.39 is 12.0 Å². The monoisotopic (exact) mass is 345 g/mol. The van der Waals surface area contributed by atoms with Crippen LogP contribution in [0.2, 0.25) is 5.02 Å². The van der Waals surface area contributed by atoms with Gasteiger partial charge in [0.25, 0.3) is 0 Å². The van der Waals surface area contributed by atoms with E-state index in [1.54, 1.807) is 12.1 Å². The summed E-state index contributed by atoms with van der Waals surface area (Å²) in [7, 11) is 0. The zero-order valence-corrected chi connectivity index (χ0v) is 14.2. The third-order valence-electron chi connectivity index (χ3n) is 3.60. The molecule has 1 atom stereocenters. The quantitative estimate of drug-likeness (QED) is 0.808. The first kappa shape index (κ1) is 18.0. The van der Waals surface area contributed by atoms with Crippen molar-refractivity contribution in [2.24, 2.45) is 0 Å². The molecule has 126 valence electrons. The minimum atomic E-state index is -0.946. The summed E-state index contributed by atoms with van der Waals surface area (Å²) in [6.07, 6.45) is 0.520. The third-order valence-corrected chi connectivity index (χ3v) is 3.84. The molecule has 0 fully saturated rings. The number of halogens is 1. The molecule has 0 unspecified atom stereocenters. The van der Waals surface area contributed by atoms with Crippen LogP contribution in [0.3, 0.4) is 0 Å². The van der Waals surface area contributed by atoms with Gasteiger partial charge in [0.15, 0.2) is 0 Å². The molecular formula is C19H20ClNO3. The maximum atomic E-state index is 12.2. The number of amides is 1. The van der Waals surface area contributed by atoms with Crippen LogP contribution in [-0.2, 0) is 22.4 Å². The maximum Gasteiger partial charge on any atom is 0.305 e. The number of hydrogen-bond acceptors (Lipinski definition) is 2. The van der Waals surface area contributed by atoms with E-state index in [1.165, 1.54) is 0 Å². The van der Waals surface area contributed by atoms with Gasteiger partial charge in [-0.2, -0.15) is 0 Å². The van der Waals surface area contributed by atoms with Crippen molar-refractivity contribution in [2.75, 3.05) is 0 Å². The Morgan fingerprint density at radius 3 is 2.50 bits per heavy atom. The first-order valence-corrected chi connectivity index (χ1v) is 8.11. The number of carboxylic acids is 1. The predicted molar refractivity (Wildman–Crippen MR) is 94.2 cm³/mol. The van der Waals surface area contributed by atoms with Crippen LogP contribution in [0.25, 0.3) is 0 Å². The van der Waals surface area contributed by atoms with E-state index in [2.05, 4.69) is 5.32 Å². The molecule has 1 amide bonds. The van der Waals surface area contributed by atoms with Crippen LogP contribution in [0.15, 0.2) is 48.5 Å². The molecule has 2 aromatic carbocycles. The maximum absolute atomic E-state index is 12.2. The van der Waals surface area contributed by atoms with Crippen molar-refractivity contribution in [3.63, 3.8) is 0 Å². The molecule has 0 heterocycles. The van der Waals surface area contributed by atoms with Crippen molar-refractivity contribution in [3.8, 4) is 0 Å². The number of nitrogens with one attached hydrogen (secondary N) is 1. The molecular weight excluding hydrogens is 326 g/mol. The van der Waals surface area contributed by atoms with E-state index in [0.29, 0.717) is 11.4 Å². The van der Waals surface area contributed by atoms with E-state index >= 15 is 0 Å². The van der Waals surface area contributed by atoms with Gasteiger partial charge in [0.1, 0.15) is 0 Å². The fourth-order valence-electron chi connectivity index (χ4n) is 2.62. The number of aliphatic carboxylic acids is 1. The fourth-order valence-corrected chi connectivity index (χ4v) is 2.83. The van der Waals surface area contributed by atoms with E-state index in [9.17, 15) is 9.59 Å². The molecule has 24 heavy (non-hydrogen) atoms. The molecule has 2 aromatic rings. The summed E-state index contributed by atoms with van der Waals surface area (Å²) in [5, 5.41) is 12.5. The molecule has 5 heteroatoms. The van der Waals surface area contributed by atoms with Crippen molar-refractivity contribution >= 4 is 23.5 Å². The Hall–Kier alpha value is -2.33. The van der Waals surface area contributed by atoms with Crippen molar-refractivity contribution in [3.05, 3.63) is 70.2 Å².